The zero-order chi connectivity index (χ0) is 54.0. The molecule has 0 aromatic heterocycles. The molecule has 14 nitrogen and oxygen atoms in total. The van der Waals surface area contributed by atoms with Crippen LogP contribution in [0.3, 0.4) is 0 Å². The quantitative estimate of drug-likeness (QED) is 0.0120. The third-order valence-electron chi connectivity index (χ3n) is 12.0. The maximum atomic E-state index is 13.6. The fourth-order valence-electron chi connectivity index (χ4n) is 7.75. The van der Waals surface area contributed by atoms with Crippen molar-refractivity contribution in [3.05, 3.63) is 145 Å². The average molecular weight is 1040 g/mol. The molecule has 14 heteroatoms. The van der Waals surface area contributed by atoms with Gasteiger partial charge in [-0.3, -0.25) is 0 Å². The van der Waals surface area contributed by atoms with Crippen molar-refractivity contribution in [3.8, 4) is 34.5 Å². The molecule has 5 aromatic carbocycles. The highest BCUT2D eigenvalue weighted by atomic mass is 16.6. The van der Waals surface area contributed by atoms with Gasteiger partial charge in [0.1, 0.15) is 40.1 Å². The second-order valence-corrected chi connectivity index (χ2v) is 18.1. The highest BCUT2D eigenvalue weighted by Crippen LogP contribution is 2.29. The van der Waals surface area contributed by atoms with Gasteiger partial charge >= 0.3 is 29.8 Å². The van der Waals surface area contributed by atoms with E-state index in [1.807, 2.05) is 12.1 Å². The SMILES string of the molecule is C=CC(=O)OCCCCCCOc1ccc(C(=O)Oc2ccc(OC(=O)c3ccc(OCCCCCCOC(=O)C=C)cc3)c(C(=O)OCCCCCCCCOc3ccc4cc(OCCCCC)ccc4c3)c2)cc1. The standard InChI is InChI=1S/C62H74O14/c1-4-7-16-37-70-53-33-27-50-45-54(34-28-49(50)44-53)71-40-17-10-8-9-11-22-43-74-62(67)56-46-55(75-60(65)47-23-29-51(30-24-47)68-38-18-12-14-20-41-72-58(63)5-2)35-36-57(56)76-61(66)48-25-31-52(32-26-48)69-39-19-13-15-21-42-73-59(64)6-3/h5-6,23-36,44-46H,2-4,7-22,37-43H2,1H3. The third kappa shape index (κ3) is 22.5. The molecule has 5 rings (SSSR count). The molecule has 0 spiro atoms. The van der Waals surface area contributed by atoms with E-state index in [2.05, 4.69) is 44.3 Å². The molecule has 0 saturated heterocycles. The first-order chi connectivity index (χ1) is 37.1. The Balaban J connectivity index is 1.08. The zero-order valence-corrected chi connectivity index (χ0v) is 44.1. The minimum atomic E-state index is -0.734. The van der Waals surface area contributed by atoms with Crippen molar-refractivity contribution in [2.45, 2.75) is 116 Å². The molecule has 406 valence electrons. The van der Waals surface area contributed by atoms with Gasteiger partial charge in [-0.15, -0.1) is 0 Å². The Labute approximate surface area is 447 Å². The number of carbonyl (C=O) groups excluding carboxylic acids is 5. The summed E-state index contributed by atoms with van der Waals surface area (Å²) in [5.74, 6) is -0.0833. The molecule has 0 atom stereocenters. The maximum Gasteiger partial charge on any atom is 0.343 e. The molecule has 0 fully saturated rings. The summed E-state index contributed by atoms with van der Waals surface area (Å²) < 4.78 is 50.7. The summed E-state index contributed by atoms with van der Waals surface area (Å²) >= 11 is 0. The number of ether oxygens (including phenoxy) is 9. The number of benzene rings is 5. The van der Waals surface area contributed by atoms with E-state index in [1.54, 1.807) is 48.5 Å². The smallest absolute Gasteiger partial charge is 0.343 e. The average Bonchev–Trinajstić information content (AvgIpc) is 3.44. The number of rotatable bonds is 38. The van der Waals surface area contributed by atoms with Crippen molar-refractivity contribution >= 4 is 40.6 Å². The number of esters is 5. The minimum absolute atomic E-state index is 0.0516. The van der Waals surface area contributed by atoms with Crippen LogP contribution in [0.2, 0.25) is 0 Å². The van der Waals surface area contributed by atoms with Gasteiger partial charge in [0.2, 0.25) is 0 Å². The normalized spacial score (nSPS) is 10.8. The minimum Gasteiger partial charge on any atom is -0.494 e. The first kappa shape index (κ1) is 59.3. The van der Waals surface area contributed by atoms with Crippen LogP contribution in [0, 0.1) is 0 Å². The van der Waals surface area contributed by atoms with Crippen LogP contribution < -0.4 is 28.4 Å². The summed E-state index contributed by atoms with van der Waals surface area (Å²) in [4.78, 5) is 62.6. The molecule has 0 aliphatic carbocycles. The lowest BCUT2D eigenvalue weighted by Crippen LogP contribution is -2.14. The highest BCUT2D eigenvalue weighted by molar-refractivity contribution is 5.97. The molecule has 0 aliphatic heterocycles. The van der Waals surface area contributed by atoms with Crippen LogP contribution in [0.25, 0.3) is 10.8 Å². The van der Waals surface area contributed by atoms with Crippen LogP contribution in [0.15, 0.2) is 128 Å². The summed E-state index contributed by atoms with van der Waals surface area (Å²) in [6.45, 7) is 12.1. The molecular weight excluding hydrogens is 969 g/mol. The van der Waals surface area contributed by atoms with Crippen molar-refractivity contribution in [1.29, 1.82) is 0 Å². The Kier molecular flexibility index (Phi) is 27.1. The molecule has 5 aromatic rings. The van der Waals surface area contributed by atoms with Gasteiger partial charge in [0.05, 0.1) is 57.4 Å². The molecule has 0 unspecified atom stereocenters. The monoisotopic (exact) mass is 1040 g/mol. The Bertz CT molecular complexity index is 2590. The zero-order valence-electron chi connectivity index (χ0n) is 44.1. The molecule has 0 amide bonds. The lowest BCUT2D eigenvalue weighted by molar-refractivity contribution is -0.138. The van der Waals surface area contributed by atoms with E-state index in [0.29, 0.717) is 51.0 Å². The summed E-state index contributed by atoms with van der Waals surface area (Å²) in [6, 6.07) is 29.4. The first-order valence-electron chi connectivity index (χ1n) is 26.7. The predicted octanol–water partition coefficient (Wildman–Crippen LogP) is 13.8. The fraction of sp³-hybridized carbons (Fsp3) is 0.403. The lowest BCUT2D eigenvalue weighted by atomic mass is 10.1. The van der Waals surface area contributed by atoms with Crippen LogP contribution >= 0.6 is 0 Å². The first-order valence-corrected chi connectivity index (χ1v) is 26.7. The van der Waals surface area contributed by atoms with Crippen molar-refractivity contribution in [3.63, 3.8) is 0 Å². The maximum absolute atomic E-state index is 13.6. The molecule has 0 saturated carbocycles. The summed E-state index contributed by atoms with van der Waals surface area (Å²) in [6.07, 6.45) is 17.7. The third-order valence-corrected chi connectivity index (χ3v) is 12.0. The van der Waals surface area contributed by atoms with Gasteiger partial charge in [-0.05, 0) is 172 Å². The van der Waals surface area contributed by atoms with Crippen molar-refractivity contribution in [2.75, 3.05) is 46.2 Å². The van der Waals surface area contributed by atoms with Crippen LogP contribution in [0.1, 0.15) is 147 Å². The van der Waals surface area contributed by atoms with Crippen molar-refractivity contribution in [2.24, 2.45) is 0 Å². The van der Waals surface area contributed by atoms with E-state index in [1.165, 1.54) is 18.2 Å². The van der Waals surface area contributed by atoms with Crippen molar-refractivity contribution < 1.29 is 66.6 Å². The van der Waals surface area contributed by atoms with Crippen molar-refractivity contribution in [1.82, 2.24) is 0 Å². The van der Waals surface area contributed by atoms with Crippen LogP contribution in [-0.4, -0.2) is 76.1 Å². The van der Waals surface area contributed by atoms with E-state index in [4.69, 9.17) is 42.6 Å². The molecule has 0 N–H and O–H groups in total. The Morgan fingerprint density at radius 2 is 0.737 bits per heavy atom. The molecular formula is C62H74O14. The van der Waals surface area contributed by atoms with Gasteiger partial charge in [0.15, 0.2) is 0 Å². The van der Waals surface area contributed by atoms with Gasteiger partial charge in [0, 0.05) is 12.2 Å². The lowest BCUT2D eigenvalue weighted by Gasteiger charge is -2.13. The number of fused-ring (bicyclic) bond motifs is 1. The Morgan fingerprint density at radius 3 is 1.18 bits per heavy atom. The molecule has 0 aliphatic rings. The van der Waals surface area contributed by atoms with Crippen LogP contribution in [-0.2, 0) is 23.8 Å². The molecule has 0 radical (unpaired) electrons. The summed E-state index contributed by atoms with van der Waals surface area (Å²) in [7, 11) is 0. The van der Waals surface area contributed by atoms with Crippen LogP contribution in [0.5, 0.6) is 34.5 Å². The fourth-order valence-corrected chi connectivity index (χ4v) is 7.75. The number of hydrogen-bond acceptors (Lipinski definition) is 14. The topological polar surface area (TPSA) is 168 Å². The molecule has 0 bridgehead atoms. The van der Waals surface area contributed by atoms with E-state index in [0.717, 1.165) is 144 Å². The second-order valence-electron chi connectivity index (χ2n) is 18.1. The number of carbonyl (C=O) groups is 5. The van der Waals surface area contributed by atoms with E-state index in [9.17, 15) is 24.0 Å². The largest absolute Gasteiger partial charge is 0.494 e. The van der Waals surface area contributed by atoms with E-state index in [-0.39, 0.29) is 34.8 Å². The summed E-state index contributed by atoms with van der Waals surface area (Å²) in [5.41, 5.74) is 0.403. The van der Waals surface area contributed by atoms with Gasteiger partial charge in [0.25, 0.3) is 0 Å². The van der Waals surface area contributed by atoms with Gasteiger partial charge in [-0.25, -0.2) is 24.0 Å². The van der Waals surface area contributed by atoms with Gasteiger partial charge in [-0.1, -0.05) is 70.7 Å². The highest BCUT2D eigenvalue weighted by Gasteiger charge is 2.21. The Hall–Kier alpha value is -7.61. The molecule has 0 heterocycles. The van der Waals surface area contributed by atoms with E-state index >= 15 is 0 Å². The second kappa shape index (κ2) is 34.8. The van der Waals surface area contributed by atoms with Crippen LogP contribution in [0.4, 0.5) is 0 Å². The van der Waals surface area contributed by atoms with E-state index < -0.39 is 29.8 Å². The number of unbranched alkanes of at least 4 members (excludes halogenated alkanes) is 13. The molecule has 76 heavy (non-hydrogen) atoms. The van der Waals surface area contributed by atoms with Gasteiger partial charge in [-0.2, -0.15) is 0 Å². The summed E-state index contributed by atoms with van der Waals surface area (Å²) in [5, 5.41) is 2.22. The van der Waals surface area contributed by atoms with Gasteiger partial charge < -0.3 is 42.6 Å². The number of hydrogen-bond donors (Lipinski definition) is 0. The predicted molar refractivity (Wildman–Crippen MR) is 292 cm³/mol. The Morgan fingerprint density at radius 1 is 0.368 bits per heavy atom.